The van der Waals surface area contributed by atoms with Crippen molar-refractivity contribution in [3.8, 4) is 0 Å². The van der Waals surface area contributed by atoms with Gasteiger partial charge in [-0.3, -0.25) is 19.4 Å². The summed E-state index contributed by atoms with van der Waals surface area (Å²) in [5.74, 6) is -0.232. The lowest BCUT2D eigenvalue weighted by molar-refractivity contribution is -0.127. The summed E-state index contributed by atoms with van der Waals surface area (Å²) < 4.78 is 0. The average molecular weight is 958 g/mol. The first-order valence-corrected chi connectivity index (χ1v) is 28.8. The largest absolute Gasteiger partial charge is 0.394 e. The third-order valence-corrected chi connectivity index (χ3v) is 13.7. The Morgan fingerprint density at radius 1 is 0.358 bits per heavy atom. The number of rotatable bonds is 50. The van der Waals surface area contributed by atoms with Gasteiger partial charge in [-0.1, -0.05) is 233 Å². The number of unbranched alkanes of at least 4 members (excludes halogenated alkanes) is 28. The minimum absolute atomic E-state index is 0.115. The Morgan fingerprint density at radius 2 is 0.582 bits per heavy atom. The van der Waals surface area contributed by atoms with Crippen LogP contribution in [-0.2, 0) is 9.59 Å². The number of hydrogen-bond donors (Lipinski definition) is 6. The standard InChI is InChI=1S/C29H59NO4.C28H57NO4/c1-5-7-9-11-13-15-17-19-21-27(33)23-30(29(25(3)31)26(4)32)24-28(34)22-20-18-16-14-12-10-8-6-2;1-4-6-8-10-12-14-16-18-20-26(32)22-29(28(24-30)25(3)31)23-27(33)21-19-17-15-13-11-9-7-5-2/h25,27-29,31,33-34H,5-24H2,1-4H3;26-28,30,32-33H,4-24H2,1-3H3. The smallest absolute Gasteiger partial charge is 0.149 e. The molecule has 0 aromatic rings. The molecule has 0 amide bonds. The van der Waals surface area contributed by atoms with E-state index >= 15 is 0 Å². The van der Waals surface area contributed by atoms with Crippen molar-refractivity contribution in [3.05, 3.63) is 0 Å². The molecule has 10 nitrogen and oxygen atoms in total. The summed E-state index contributed by atoms with van der Waals surface area (Å²) in [6.45, 7) is 14.5. The van der Waals surface area contributed by atoms with E-state index in [0.717, 1.165) is 51.4 Å². The van der Waals surface area contributed by atoms with E-state index in [1.54, 1.807) is 11.8 Å². The fraction of sp³-hybridized carbons (Fsp3) is 0.965. The lowest BCUT2D eigenvalue weighted by Gasteiger charge is -2.34. The molecule has 0 fully saturated rings. The number of nitrogens with zero attached hydrogens (tertiary/aromatic N) is 2. The van der Waals surface area contributed by atoms with Crippen molar-refractivity contribution in [2.24, 2.45) is 0 Å². The van der Waals surface area contributed by atoms with Gasteiger partial charge >= 0.3 is 0 Å². The van der Waals surface area contributed by atoms with Gasteiger partial charge < -0.3 is 30.6 Å². The SMILES string of the molecule is CCCCCCCCCCC(O)CN(CC(O)CCCCCCCCCC)C(C(C)=O)C(C)O.CCCCCCCCCCC(O)CN(CC(O)CCCCCCCCCC)C(CO)C(C)=O. The first-order chi connectivity index (χ1) is 32.3. The molecule has 0 heterocycles. The molecule has 10 heteroatoms. The predicted molar refractivity (Wildman–Crippen MR) is 284 cm³/mol. The monoisotopic (exact) mass is 957 g/mol. The maximum absolute atomic E-state index is 12.2. The second-order valence-electron chi connectivity index (χ2n) is 20.7. The topological polar surface area (TPSA) is 162 Å². The van der Waals surface area contributed by atoms with Crippen LogP contribution in [-0.4, -0.2) is 127 Å². The van der Waals surface area contributed by atoms with Gasteiger partial charge in [0.2, 0.25) is 0 Å². The molecule has 7 atom stereocenters. The minimum atomic E-state index is -0.830. The zero-order valence-electron chi connectivity index (χ0n) is 45.4. The third kappa shape index (κ3) is 43.5. The van der Waals surface area contributed by atoms with Crippen LogP contribution in [0.4, 0.5) is 0 Å². The summed E-state index contributed by atoms with van der Waals surface area (Å²) in [5, 5.41) is 62.3. The van der Waals surface area contributed by atoms with E-state index in [-0.39, 0.29) is 18.2 Å². The summed E-state index contributed by atoms with van der Waals surface area (Å²) in [6, 6.07) is -1.33. The Labute approximate surface area is 415 Å². The van der Waals surface area contributed by atoms with Crippen LogP contribution in [0.2, 0.25) is 0 Å². The second kappa shape index (κ2) is 50.0. The highest BCUT2D eigenvalue weighted by Crippen LogP contribution is 2.18. The van der Waals surface area contributed by atoms with Crippen LogP contribution in [0, 0.1) is 0 Å². The Balaban J connectivity index is 0. The van der Waals surface area contributed by atoms with E-state index in [2.05, 4.69) is 27.7 Å². The molecule has 7 unspecified atom stereocenters. The number of Topliss-reactive ketones (excluding diaryl/α,β-unsaturated/α-hetero) is 2. The maximum Gasteiger partial charge on any atom is 0.149 e. The van der Waals surface area contributed by atoms with Gasteiger partial charge in [-0.25, -0.2) is 0 Å². The quantitative estimate of drug-likeness (QED) is 0.0324. The van der Waals surface area contributed by atoms with Crippen LogP contribution in [0.25, 0.3) is 0 Å². The predicted octanol–water partition coefficient (Wildman–Crippen LogP) is 12.4. The molecule has 0 bridgehead atoms. The van der Waals surface area contributed by atoms with Gasteiger partial charge in [0.25, 0.3) is 0 Å². The Hall–Kier alpha value is -0.980. The molecule has 0 aliphatic rings. The van der Waals surface area contributed by atoms with Gasteiger partial charge in [0, 0.05) is 26.2 Å². The Kier molecular flexibility index (Phi) is 50.8. The first-order valence-electron chi connectivity index (χ1n) is 28.8. The van der Waals surface area contributed by atoms with E-state index < -0.39 is 42.6 Å². The second-order valence-corrected chi connectivity index (χ2v) is 20.7. The Bertz CT molecular complexity index is 993. The highest BCUT2D eigenvalue weighted by Gasteiger charge is 2.30. The van der Waals surface area contributed by atoms with E-state index in [1.165, 1.54) is 168 Å². The van der Waals surface area contributed by atoms with Crippen LogP contribution in [0.15, 0.2) is 0 Å². The number of ketones is 2. The highest BCUT2D eigenvalue weighted by molar-refractivity contribution is 5.82. The molecule has 0 aliphatic carbocycles. The zero-order valence-corrected chi connectivity index (χ0v) is 45.4. The molecule has 0 saturated carbocycles. The van der Waals surface area contributed by atoms with Crippen LogP contribution >= 0.6 is 0 Å². The number of hydrogen-bond acceptors (Lipinski definition) is 10. The van der Waals surface area contributed by atoms with Gasteiger partial charge in [-0.2, -0.15) is 0 Å². The van der Waals surface area contributed by atoms with Crippen LogP contribution in [0.1, 0.15) is 280 Å². The molecule has 67 heavy (non-hydrogen) atoms. The Morgan fingerprint density at radius 3 is 0.776 bits per heavy atom. The zero-order chi connectivity index (χ0) is 50.3. The van der Waals surface area contributed by atoms with Crippen molar-refractivity contribution in [1.29, 1.82) is 0 Å². The van der Waals surface area contributed by atoms with Gasteiger partial charge in [0.05, 0.1) is 49.2 Å². The van der Waals surface area contributed by atoms with Gasteiger partial charge in [0.1, 0.15) is 11.6 Å². The maximum atomic E-state index is 12.2. The molecule has 0 radical (unpaired) electrons. The first kappa shape index (κ1) is 68.1. The normalized spacial score (nSPS) is 15.0. The van der Waals surface area contributed by atoms with E-state index in [1.807, 2.05) is 4.90 Å². The molecule has 0 saturated heterocycles. The van der Waals surface area contributed by atoms with Gasteiger partial charge in [-0.05, 0) is 46.5 Å². The molecular weight excluding hydrogens is 841 g/mol. The van der Waals surface area contributed by atoms with Crippen molar-refractivity contribution in [1.82, 2.24) is 9.80 Å². The number of aliphatic hydroxyl groups is 6. The van der Waals surface area contributed by atoms with Crippen molar-refractivity contribution in [2.75, 3.05) is 32.8 Å². The van der Waals surface area contributed by atoms with Gasteiger partial charge in [-0.15, -0.1) is 0 Å². The fourth-order valence-corrected chi connectivity index (χ4v) is 9.54. The van der Waals surface area contributed by atoms with Crippen molar-refractivity contribution in [3.63, 3.8) is 0 Å². The lowest BCUT2D eigenvalue weighted by atomic mass is 10.0. The van der Waals surface area contributed by atoms with E-state index in [0.29, 0.717) is 51.9 Å². The fourth-order valence-electron chi connectivity index (χ4n) is 9.54. The molecule has 0 aromatic heterocycles. The molecule has 0 aliphatic heterocycles. The van der Waals surface area contributed by atoms with Crippen LogP contribution in [0.3, 0.4) is 0 Å². The highest BCUT2D eigenvalue weighted by atomic mass is 16.3. The third-order valence-electron chi connectivity index (χ3n) is 13.7. The molecule has 0 aromatic carbocycles. The molecule has 6 N–H and O–H groups in total. The average Bonchev–Trinajstić information content (AvgIpc) is 3.27. The molecule has 402 valence electrons. The minimum Gasteiger partial charge on any atom is -0.394 e. The lowest BCUT2D eigenvalue weighted by Crippen LogP contribution is -2.52. The number of carbonyl (C=O) groups is 2. The van der Waals surface area contributed by atoms with Crippen LogP contribution < -0.4 is 0 Å². The summed E-state index contributed by atoms with van der Waals surface area (Å²) in [5.41, 5.74) is 0. The summed E-state index contributed by atoms with van der Waals surface area (Å²) in [6.07, 6.45) is 39.0. The number of aliphatic hydroxyl groups excluding tert-OH is 6. The van der Waals surface area contributed by atoms with Crippen molar-refractivity contribution < 1.29 is 40.2 Å². The summed E-state index contributed by atoms with van der Waals surface area (Å²) >= 11 is 0. The van der Waals surface area contributed by atoms with Crippen molar-refractivity contribution >= 4 is 11.6 Å². The summed E-state index contributed by atoms with van der Waals surface area (Å²) in [7, 11) is 0. The molecule has 0 rings (SSSR count). The summed E-state index contributed by atoms with van der Waals surface area (Å²) in [4.78, 5) is 27.9. The van der Waals surface area contributed by atoms with E-state index in [4.69, 9.17) is 0 Å². The van der Waals surface area contributed by atoms with Crippen molar-refractivity contribution in [2.45, 2.75) is 322 Å². The van der Waals surface area contributed by atoms with Crippen LogP contribution in [0.5, 0.6) is 0 Å². The molecular formula is C57H116N2O8. The van der Waals surface area contributed by atoms with E-state index in [9.17, 15) is 40.2 Å². The molecule has 0 spiro atoms. The number of carbonyl (C=O) groups excluding carboxylic acids is 2. The van der Waals surface area contributed by atoms with Gasteiger partial charge in [0.15, 0.2) is 0 Å².